The molecule has 0 bridgehead atoms. The molecule has 0 radical (unpaired) electrons. The minimum atomic E-state index is -0.116. The second-order valence-corrected chi connectivity index (χ2v) is 2.48. The molecule has 1 aliphatic rings. The molecule has 1 fully saturated rings. The molecule has 4 heteroatoms. The number of aliphatic hydroxyl groups is 1. The van der Waals surface area contributed by atoms with Crippen LogP contribution in [0.4, 0.5) is 0 Å². The zero-order valence-electron chi connectivity index (χ0n) is 7.88. The van der Waals surface area contributed by atoms with Crippen LogP contribution in [0.25, 0.3) is 0 Å². The Morgan fingerprint density at radius 2 is 1.42 bits per heavy atom. The Balaban J connectivity index is 0. The van der Waals surface area contributed by atoms with Gasteiger partial charge in [0.2, 0.25) is 0 Å². The standard InChI is InChI=1S/C4H8O2.C4H10O.H2O/c1-2-6-4-3-5-1;1-3-4(2)5;/h1-4H2;4-5H,3H2,1-2H3;1H2. The predicted octanol–water partition coefficient (Wildman–Crippen LogP) is -0.0143. The Hall–Kier alpha value is -0.160. The lowest BCUT2D eigenvalue weighted by atomic mass is 10.3. The summed E-state index contributed by atoms with van der Waals surface area (Å²) in [5.74, 6) is 0. The molecule has 4 nitrogen and oxygen atoms in total. The Kier molecular flexibility index (Phi) is 13.0. The molecule has 0 amide bonds. The molecular formula is C8H20O4. The van der Waals surface area contributed by atoms with Gasteiger partial charge in [-0.15, -0.1) is 0 Å². The Labute approximate surface area is 73.8 Å². The third kappa shape index (κ3) is 12.5. The molecule has 12 heavy (non-hydrogen) atoms. The maximum absolute atomic E-state index is 8.36. The largest absolute Gasteiger partial charge is 0.412 e. The summed E-state index contributed by atoms with van der Waals surface area (Å²) < 4.78 is 9.89. The molecule has 1 rings (SSSR count). The summed E-state index contributed by atoms with van der Waals surface area (Å²) in [6.45, 7) is 6.84. The first-order valence-electron chi connectivity index (χ1n) is 4.11. The van der Waals surface area contributed by atoms with Gasteiger partial charge < -0.3 is 20.1 Å². The average Bonchev–Trinajstić information content (AvgIpc) is 2.09. The fraction of sp³-hybridized carbons (Fsp3) is 1.00. The fourth-order valence-corrected chi connectivity index (χ4v) is 0.440. The number of aliphatic hydroxyl groups excluding tert-OH is 1. The van der Waals surface area contributed by atoms with E-state index in [9.17, 15) is 0 Å². The molecular weight excluding hydrogens is 160 g/mol. The second kappa shape index (κ2) is 10.8. The highest BCUT2D eigenvalue weighted by Gasteiger charge is 1.94. The van der Waals surface area contributed by atoms with Crippen molar-refractivity contribution in [3.63, 3.8) is 0 Å². The SMILES string of the molecule is C1COCCO1.CCC(C)O.O. The molecule has 0 saturated carbocycles. The quantitative estimate of drug-likeness (QED) is 0.616. The Bertz CT molecular complexity index is 59.9. The molecule has 0 aromatic heterocycles. The maximum Gasteiger partial charge on any atom is 0.0701 e. The lowest BCUT2D eigenvalue weighted by Crippen LogP contribution is -2.16. The number of hydrogen-bond donors (Lipinski definition) is 1. The summed E-state index contributed by atoms with van der Waals surface area (Å²) in [5, 5.41) is 8.36. The molecule has 3 N–H and O–H groups in total. The van der Waals surface area contributed by atoms with Gasteiger partial charge in [-0.05, 0) is 13.3 Å². The summed E-state index contributed by atoms with van der Waals surface area (Å²) in [4.78, 5) is 0. The minimum Gasteiger partial charge on any atom is -0.412 e. The van der Waals surface area contributed by atoms with Gasteiger partial charge in [0, 0.05) is 0 Å². The first kappa shape index (κ1) is 14.4. The summed E-state index contributed by atoms with van der Waals surface area (Å²) in [5.41, 5.74) is 0. The Morgan fingerprint density at radius 1 is 1.17 bits per heavy atom. The predicted molar refractivity (Wildman–Crippen MR) is 47.2 cm³/mol. The first-order valence-corrected chi connectivity index (χ1v) is 4.11. The van der Waals surface area contributed by atoms with Crippen LogP contribution < -0.4 is 0 Å². The number of hydrogen-bond acceptors (Lipinski definition) is 3. The molecule has 1 unspecified atom stereocenters. The van der Waals surface area contributed by atoms with Gasteiger partial charge in [0.05, 0.1) is 32.5 Å². The van der Waals surface area contributed by atoms with Gasteiger partial charge in [-0.1, -0.05) is 6.92 Å². The van der Waals surface area contributed by atoms with Crippen LogP contribution in [0, 0.1) is 0 Å². The molecule has 0 spiro atoms. The lowest BCUT2D eigenvalue weighted by Gasteiger charge is -2.09. The van der Waals surface area contributed by atoms with Gasteiger partial charge in [-0.3, -0.25) is 0 Å². The topological polar surface area (TPSA) is 70.2 Å². The monoisotopic (exact) mass is 180 g/mol. The van der Waals surface area contributed by atoms with Crippen LogP contribution in [0.2, 0.25) is 0 Å². The minimum absolute atomic E-state index is 0. The average molecular weight is 180 g/mol. The first-order chi connectivity index (χ1) is 5.27. The smallest absolute Gasteiger partial charge is 0.0701 e. The van der Waals surface area contributed by atoms with Crippen molar-refractivity contribution >= 4 is 0 Å². The van der Waals surface area contributed by atoms with Crippen LogP contribution in [0.5, 0.6) is 0 Å². The number of rotatable bonds is 1. The third-order valence-electron chi connectivity index (χ3n) is 1.33. The van der Waals surface area contributed by atoms with Crippen molar-refractivity contribution in [2.45, 2.75) is 26.4 Å². The van der Waals surface area contributed by atoms with E-state index in [1.165, 1.54) is 0 Å². The van der Waals surface area contributed by atoms with Crippen LogP contribution >= 0.6 is 0 Å². The molecule has 0 aromatic rings. The summed E-state index contributed by atoms with van der Waals surface area (Å²) in [7, 11) is 0. The third-order valence-corrected chi connectivity index (χ3v) is 1.33. The van der Waals surface area contributed by atoms with Crippen LogP contribution in [0.15, 0.2) is 0 Å². The van der Waals surface area contributed by atoms with Crippen molar-refractivity contribution in [3.8, 4) is 0 Å². The van der Waals surface area contributed by atoms with E-state index in [-0.39, 0.29) is 11.6 Å². The summed E-state index contributed by atoms with van der Waals surface area (Å²) in [6, 6.07) is 0. The van der Waals surface area contributed by atoms with Crippen molar-refractivity contribution < 1.29 is 20.1 Å². The highest BCUT2D eigenvalue weighted by molar-refractivity contribution is 4.37. The van der Waals surface area contributed by atoms with Crippen LogP contribution in [0.3, 0.4) is 0 Å². The molecule has 1 saturated heterocycles. The van der Waals surface area contributed by atoms with E-state index < -0.39 is 0 Å². The highest BCUT2D eigenvalue weighted by Crippen LogP contribution is 1.85. The van der Waals surface area contributed by atoms with Crippen molar-refractivity contribution in [2.24, 2.45) is 0 Å². The van der Waals surface area contributed by atoms with Crippen LogP contribution in [0.1, 0.15) is 20.3 Å². The maximum atomic E-state index is 8.36. The van der Waals surface area contributed by atoms with Gasteiger partial charge in [0.25, 0.3) is 0 Å². The van der Waals surface area contributed by atoms with Gasteiger partial charge in [0.1, 0.15) is 0 Å². The summed E-state index contributed by atoms with van der Waals surface area (Å²) >= 11 is 0. The van der Waals surface area contributed by atoms with Crippen molar-refractivity contribution in [2.75, 3.05) is 26.4 Å². The van der Waals surface area contributed by atoms with E-state index in [1.807, 2.05) is 6.92 Å². The zero-order chi connectivity index (χ0) is 8.53. The van der Waals surface area contributed by atoms with E-state index >= 15 is 0 Å². The molecule has 1 atom stereocenters. The molecule has 1 heterocycles. The summed E-state index contributed by atoms with van der Waals surface area (Å²) in [6.07, 6.45) is 0.745. The van der Waals surface area contributed by atoms with E-state index in [0.717, 1.165) is 32.8 Å². The highest BCUT2D eigenvalue weighted by atomic mass is 16.6. The van der Waals surface area contributed by atoms with E-state index in [1.54, 1.807) is 6.92 Å². The van der Waals surface area contributed by atoms with E-state index in [2.05, 4.69) is 0 Å². The van der Waals surface area contributed by atoms with Crippen LogP contribution in [-0.4, -0.2) is 43.1 Å². The van der Waals surface area contributed by atoms with Crippen LogP contribution in [-0.2, 0) is 9.47 Å². The second-order valence-electron chi connectivity index (χ2n) is 2.48. The Morgan fingerprint density at radius 3 is 1.50 bits per heavy atom. The molecule has 1 aliphatic heterocycles. The fourth-order valence-electron chi connectivity index (χ4n) is 0.440. The molecule has 76 valence electrons. The van der Waals surface area contributed by atoms with E-state index in [0.29, 0.717) is 0 Å². The van der Waals surface area contributed by atoms with E-state index in [4.69, 9.17) is 14.6 Å². The lowest BCUT2D eigenvalue weighted by molar-refractivity contribution is -0.0334. The van der Waals surface area contributed by atoms with Gasteiger partial charge >= 0.3 is 0 Å². The number of ether oxygens (including phenoxy) is 2. The zero-order valence-corrected chi connectivity index (χ0v) is 7.88. The van der Waals surface area contributed by atoms with Crippen molar-refractivity contribution in [1.82, 2.24) is 0 Å². The molecule has 0 aromatic carbocycles. The normalized spacial score (nSPS) is 18.2. The molecule has 0 aliphatic carbocycles. The van der Waals surface area contributed by atoms with Gasteiger partial charge in [-0.2, -0.15) is 0 Å². The van der Waals surface area contributed by atoms with Gasteiger partial charge in [0.15, 0.2) is 0 Å². The van der Waals surface area contributed by atoms with Gasteiger partial charge in [-0.25, -0.2) is 0 Å². The van der Waals surface area contributed by atoms with Crippen molar-refractivity contribution in [1.29, 1.82) is 0 Å². The van der Waals surface area contributed by atoms with Crippen molar-refractivity contribution in [3.05, 3.63) is 0 Å².